The van der Waals surface area contributed by atoms with Crippen molar-refractivity contribution >= 4 is 17.5 Å². The van der Waals surface area contributed by atoms with Crippen LogP contribution in [-0.2, 0) is 11.2 Å². The van der Waals surface area contributed by atoms with Crippen molar-refractivity contribution < 1.29 is 18.0 Å². The summed E-state index contributed by atoms with van der Waals surface area (Å²) in [6.07, 6.45) is -4.23. The number of hydrogen-bond acceptors (Lipinski definition) is 2. The monoisotopic (exact) mass is 306 g/mol. The smallest absolute Gasteiger partial charge is 0.288 e. The van der Waals surface area contributed by atoms with E-state index >= 15 is 0 Å². The molecule has 0 bridgehead atoms. The second kappa shape index (κ2) is 6.01. The largest absolute Gasteiger partial charge is 0.405 e. The van der Waals surface area contributed by atoms with Crippen LogP contribution in [0.5, 0.6) is 0 Å². The molecule has 1 fully saturated rings. The fourth-order valence-electron chi connectivity index (χ4n) is 2.22. The topological polar surface area (TPSA) is 32.3 Å². The minimum atomic E-state index is -4.39. The van der Waals surface area contributed by atoms with Gasteiger partial charge in [-0.2, -0.15) is 13.2 Å². The van der Waals surface area contributed by atoms with E-state index in [9.17, 15) is 18.0 Å². The van der Waals surface area contributed by atoms with Gasteiger partial charge in [-0.05, 0) is 24.5 Å². The maximum absolute atomic E-state index is 13.1. The van der Waals surface area contributed by atoms with Gasteiger partial charge in [0.2, 0.25) is 5.91 Å². The maximum Gasteiger partial charge on any atom is 0.405 e. The summed E-state index contributed by atoms with van der Waals surface area (Å²) in [6, 6.07) is 5.13. The first-order valence-corrected chi connectivity index (χ1v) is 6.62. The first-order chi connectivity index (χ1) is 9.38. The average Bonchev–Trinajstić information content (AvgIpc) is 2.76. The van der Waals surface area contributed by atoms with Gasteiger partial charge in [-0.25, -0.2) is 5.01 Å². The Labute approximate surface area is 119 Å². The number of halogens is 4. The Bertz CT molecular complexity index is 493. The van der Waals surface area contributed by atoms with E-state index in [1.807, 2.05) is 0 Å². The third-order valence-corrected chi connectivity index (χ3v) is 3.62. The second-order valence-corrected chi connectivity index (χ2v) is 5.07. The van der Waals surface area contributed by atoms with Crippen LogP contribution < -0.4 is 5.43 Å². The number of amides is 1. The maximum atomic E-state index is 13.1. The van der Waals surface area contributed by atoms with Crippen LogP contribution in [0.2, 0.25) is 5.02 Å². The van der Waals surface area contributed by atoms with Crippen LogP contribution in [0.4, 0.5) is 13.2 Å². The first kappa shape index (κ1) is 15.1. The van der Waals surface area contributed by atoms with Gasteiger partial charge >= 0.3 is 6.18 Å². The molecule has 0 saturated carbocycles. The highest BCUT2D eigenvalue weighted by Gasteiger charge is 2.45. The van der Waals surface area contributed by atoms with Gasteiger partial charge in [0.1, 0.15) is 6.04 Å². The molecular formula is C13H14ClF3N2O. The third-order valence-electron chi connectivity index (χ3n) is 3.25. The number of rotatable bonds is 4. The molecule has 0 radical (unpaired) electrons. The van der Waals surface area contributed by atoms with Crippen molar-refractivity contribution in [2.75, 3.05) is 6.54 Å². The summed E-state index contributed by atoms with van der Waals surface area (Å²) < 4.78 is 39.2. The number of carbonyl (C=O) groups excluding carboxylic acids is 1. The zero-order valence-corrected chi connectivity index (χ0v) is 11.3. The molecule has 1 heterocycles. The molecule has 1 atom stereocenters. The van der Waals surface area contributed by atoms with Crippen LogP contribution in [0, 0.1) is 0 Å². The number of alkyl halides is 3. The fourth-order valence-corrected chi connectivity index (χ4v) is 2.45. The zero-order chi connectivity index (χ0) is 14.8. The van der Waals surface area contributed by atoms with Gasteiger partial charge in [0, 0.05) is 18.0 Å². The van der Waals surface area contributed by atoms with Crippen LogP contribution in [-0.4, -0.2) is 29.7 Å². The fraction of sp³-hybridized carbons (Fsp3) is 0.462. The molecule has 1 aromatic rings. The summed E-state index contributed by atoms with van der Waals surface area (Å²) >= 11 is 5.94. The Morgan fingerprint density at radius 1 is 1.35 bits per heavy atom. The second-order valence-electron chi connectivity index (χ2n) is 4.67. The quantitative estimate of drug-likeness (QED) is 0.927. The number of aryl methyl sites for hydroxylation is 1. The van der Waals surface area contributed by atoms with Crippen LogP contribution in [0.1, 0.15) is 18.4 Å². The van der Waals surface area contributed by atoms with Crippen molar-refractivity contribution in [3.63, 3.8) is 0 Å². The van der Waals surface area contributed by atoms with Gasteiger partial charge in [0.15, 0.2) is 0 Å². The Hall–Kier alpha value is -1.27. The molecule has 7 heteroatoms. The van der Waals surface area contributed by atoms with Crippen LogP contribution in [0.25, 0.3) is 0 Å². The van der Waals surface area contributed by atoms with E-state index in [-0.39, 0.29) is 31.7 Å². The predicted molar refractivity (Wildman–Crippen MR) is 69.1 cm³/mol. The molecule has 0 aromatic heterocycles. The van der Waals surface area contributed by atoms with Gasteiger partial charge < -0.3 is 0 Å². The zero-order valence-electron chi connectivity index (χ0n) is 10.6. The van der Waals surface area contributed by atoms with Crippen LogP contribution in [0.3, 0.4) is 0 Å². The lowest BCUT2D eigenvalue weighted by Gasteiger charge is -2.29. The number of hydrogen-bond donors (Lipinski definition) is 1. The molecule has 1 aliphatic rings. The highest BCUT2D eigenvalue weighted by molar-refractivity contribution is 6.31. The van der Waals surface area contributed by atoms with Gasteiger partial charge in [-0.1, -0.05) is 29.8 Å². The lowest BCUT2D eigenvalue weighted by Crippen LogP contribution is -2.50. The third kappa shape index (κ3) is 3.64. The van der Waals surface area contributed by atoms with E-state index in [1.54, 1.807) is 24.3 Å². The summed E-state index contributed by atoms with van der Waals surface area (Å²) in [4.78, 5) is 11.1. The minimum absolute atomic E-state index is 0.0749. The van der Waals surface area contributed by atoms with E-state index in [1.165, 1.54) is 0 Å². The highest BCUT2D eigenvalue weighted by atomic mass is 35.5. The molecule has 20 heavy (non-hydrogen) atoms. The lowest BCUT2D eigenvalue weighted by molar-refractivity contribution is -0.189. The normalized spacial score (nSPS) is 18.1. The van der Waals surface area contributed by atoms with E-state index in [4.69, 9.17) is 11.6 Å². The molecule has 1 aliphatic heterocycles. The van der Waals surface area contributed by atoms with Gasteiger partial charge in [-0.3, -0.25) is 10.2 Å². The van der Waals surface area contributed by atoms with Crippen molar-refractivity contribution in [2.45, 2.75) is 31.5 Å². The highest BCUT2D eigenvalue weighted by Crippen LogP contribution is 2.29. The van der Waals surface area contributed by atoms with E-state index in [0.717, 1.165) is 5.01 Å². The first-order valence-electron chi connectivity index (χ1n) is 6.24. The van der Waals surface area contributed by atoms with Crippen LogP contribution >= 0.6 is 11.6 Å². The standard InChI is InChI=1S/C13H14ClF3N2O/c14-10-4-2-1-3-9(10)5-6-11(13(15,16)17)19-8-7-12(20)18-19/h1-4,11H,5-8H2,(H,18,20)/t11-/m0/s1. The van der Waals surface area contributed by atoms with Crippen molar-refractivity contribution in [3.8, 4) is 0 Å². The number of nitrogens with zero attached hydrogens (tertiary/aromatic N) is 1. The molecule has 1 amide bonds. The summed E-state index contributed by atoms with van der Waals surface area (Å²) in [7, 11) is 0. The molecule has 0 spiro atoms. The molecule has 1 saturated heterocycles. The van der Waals surface area contributed by atoms with Crippen molar-refractivity contribution in [2.24, 2.45) is 0 Å². The molecular weight excluding hydrogens is 293 g/mol. The van der Waals surface area contributed by atoms with Gasteiger partial charge in [0.05, 0.1) is 0 Å². The Kier molecular flexibility index (Phi) is 4.55. The summed E-state index contributed by atoms with van der Waals surface area (Å²) in [5, 5.41) is 1.43. The van der Waals surface area contributed by atoms with E-state index < -0.39 is 12.2 Å². The summed E-state index contributed by atoms with van der Waals surface area (Å²) in [5.41, 5.74) is 2.93. The Balaban J connectivity index is 2.05. The predicted octanol–water partition coefficient (Wildman–Crippen LogP) is 2.94. The molecule has 0 unspecified atom stereocenters. The van der Waals surface area contributed by atoms with Crippen molar-refractivity contribution in [3.05, 3.63) is 34.9 Å². The SMILES string of the molecule is O=C1CCN([C@@H](CCc2ccccc2Cl)C(F)(F)F)N1. The van der Waals surface area contributed by atoms with Gasteiger partial charge in [-0.15, -0.1) is 0 Å². The van der Waals surface area contributed by atoms with Crippen molar-refractivity contribution in [1.82, 2.24) is 10.4 Å². The number of hydrazine groups is 1. The lowest BCUT2D eigenvalue weighted by atomic mass is 10.0. The number of benzene rings is 1. The number of nitrogens with one attached hydrogen (secondary N) is 1. The molecule has 110 valence electrons. The van der Waals surface area contributed by atoms with Crippen LogP contribution in [0.15, 0.2) is 24.3 Å². The van der Waals surface area contributed by atoms with Gasteiger partial charge in [0.25, 0.3) is 0 Å². The molecule has 2 rings (SSSR count). The van der Waals surface area contributed by atoms with E-state index in [0.29, 0.717) is 10.6 Å². The summed E-state index contributed by atoms with van der Waals surface area (Å²) in [6.45, 7) is 0.0749. The Morgan fingerprint density at radius 2 is 2.05 bits per heavy atom. The summed E-state index contributed by atoms with van der Waals surface area (Å²) in [5.74, 6) is -0.378. The molecule has 0 aliphatic carbocycles. The molecule has 3 nitrogen and oxygen atoms in total. The minimum Gasteiger partial charge on any atom is -0.288 e. The average molecular weight is 307 g/mol. The van der Waals surface area contributed by atoms with E-state index in [2.05, 4.69) is 5.43 Å². The molecule has 1 N–H and O–H groups in total. The number of carbonyl (C=O) groups is 1. The molecule has 1 aromatic carbocycles. The van der Waals surface area contributed by atoms with Crippen molar-refractivity contribution in [1.29, 1.82) is 0 Å². The Morgan fingerprint density at radius 3 is 2.60 bits per heavy atom.